The van der Waals surface area contributed by atoms with Gasteiger partial charge in [-0.2, -0.15) is 5.10 Å². The topological polar surface area (TPSA) is 162 Å². The van der Waals surface area contributed by atoms with E-state index in [-0.39, 0.29) is 40.6 Å². The highest BCUT2D eigenvalue weighted by Gasteiger charge is 2.36. The molecule has 12 nitrogen and oxygen atoms in total. The van der Waals surface area contributed by atoms with Crippen LogP contribution in [0.1, 0.15) is 57.5 Å². The summed E-state index contributed by atoms with van der Waals surface area (Å²) in [6.45, 7) is 2.35. The number of nitrogens with zero attached hydrogens (tertiary/aromatic N) is 4. The summed E-state index contributed by atoms with van der Waals surface area (Å²) in [7, 11) is 0. The zero-order valence-corrected chi connectivity index (χ0v) is 27.8. The molecular weight excluding hydrogens is 676 g/mol. The number of carbonyl (C=O) groups is 3. The number of aliphatic hydroxyl groups is 1. The van der Waals surface area contributed by atoms with Crippen LogP contribution in [0.4, 0.5) is 15.8 Å². The van der Waals surface area contributed by atoms with E-state index in [1.807, 2.05) is 4.68 Å². The molecule has 2 atom stereocenters. The fraction of sp³-hybridized carbons (Fsp3) is 0.324. The standard InChI is InChI=1S/C34H34Cl2FN7O5/c35-29-21(22-5-2-7-25(30(22)36)41-33(47)31-23(37)14-19(17-39-31)16-38-10-13-45)4-1-6-24(29)40-32(46)26-15-28-27(8-3-11-44(28)42-26)43-12-9-20(18-43)34(48)49/h1-2,4-7,14-15,17,20,27,38,45H,3,8-13,16,18H2,(H,40,46)(H,41,47)(H,48,49)/t20-,27?/m1/s1. The van der Waals surface area contributed by atoms with Gasteiger partial charge in [-0.25, -0.2) is 9.37 Å². The molecule has 1 fully saturated rings. The first kappa shape index (κ1) is 34.5. The van der Waals surface area contributed by atoms with Crippen LogP contribution in [0.3, 0.4) is 0 Å². The van der Waals surface area contributed by atoms with Crippen LogP contribution in [-0.2, 0) is 17.9 Å². The molecule has 0 spiro atoms. The van der Waals surface area contributed by atoms with Crippen molar-refractivity contribution in [3.8, 4) is 11.1 Å². The summed E-state index contributed by atoms with van der Waals surface area (Å²) in [6, 6.07) is 12.9. The van der Waals surface area contributed by atoms with Crippen LogP contribution in [0.2, 0.25) is 10.0 Å². The minimum Gasteiger partial charge on any atom is -0.481 e. The number of halogens is 3. The normalized spacial score (nSPS) is 17.5. The van der Waals surface area contributed by atoms with Crippen LogP contribution in [0.15, 0.2) is 54.7 Å². The zero-order chi connectivity index (χ0) is 34.7. The molecule has 2 aromatic heterocycles. The van der Waals surface area contributed by atoms with E-state index in [1.165, 1.54) is 12.3 Å². The number of amides is 2. The van der Waals surface area contributed by atoms with Crippen LogP contribution in [0.25, 0.3) is 11.1 Å². The van der Waals surface area contributed by atoms with Crippen molar-refractivity contribution in [2.24, 2.45) is 5.92 Å². The molecule has 1 saturated heterocycles. The van der Waals surface area contributed by atoms with Gasteiger partial charge in [0, 0.05) is 43.5 Å². The van der Waals surface area contributed by atoms with Crippen LogP contribution in [0.5, 0.6) is 0 Å². The minimum absolute atomic E-state index is 0.0136. The van der Waals surface area contributed by atoms with E-state index in [0.717, 1.165) is 18.5 Å². The molecule has 2 amide bonds. The van der Waals surface area contributed by atoms with E-state index in [9.17, 15) is 23.9 Å². The lowest BCUT2D eigenvalue weighted by Gasteiger charge is -2.31. The number of hydrogen-bond acceptors (Lipinski definition) is 8. The van der Waals surface area contributed by atoms with Gasteiger partial charge in [-0.15, -0.1) is 0 Å². The zero-order valence-electron chi connectivity index (χ0n) is 26.3. The third-order valence-electron chi connectivity index (χ3n) is 8.76. The fourth-order valence-corrected chi connectivity index (χ4v) is 6.86. The number of aryl methyl sites for hydroxylation is 1. The molecule has 6 rings (SSSR count). The number of pyridine rings is 1. The van der Waals surface area contributed by atoms with Gasteiger partial charge >= 0.3 is 5.97 Å². The van der Waals surface area contributed by atoms with Crippen LogP contribution in [0, 0.1) is 11.7 Å². The number of benzene rings is 2. The maximum Gasteiger partial charge on any atom is 0.307 e. The van der Waals surface area contributed by atoms with Crippen molar-refractivity contribution in [1.29, 1.82) is 0 Å². The van der Waals surface area contributed by atoms with Gasteiger partial charge < -0.3 is 26.2 Å². The molecule has 0 aliphatic carbocycles. The lowest BCUT2D eigenvalue weighted by atomic mass is 10.0. The average molecular weight is 711 g/mol. The Morgan fingerprint density at radius 3 is 2.29 bits per heavy atom. The van der Waals surface area contributed by atoms with Crippen molar-refractivity contribution in [3.05, 3.63) is 93.2 Å². The van der Waals surface area contributed by atoms with Crippen molar-refractivity contribution in [3.63, 3.8) is 0 Å². The summed E-state index contributed by atoms with van der Waals surface area (Å²) in [5, 5.41) is 31.6. The third kappa shape index (κ3) is 7.46. The molecule has 0 radical (unpaired) electrons. The molecular formula is C34H34Cl2FN7O5. The molecule has 2 aliphatic heterocycles. The van der Waals surface area contributed by atoms with Crippen molar-refractivity contribution >= 4 is 52.4 Å². The molecule has 2 aromatic carbocycles. The summed E-state index contributed by atoms with van der Waals surface area (Å²) in [4.78, 5) is 44.0. The van der Waals surface area contributed by atoms with Gasteiger partial charge in [-0.05, 0) is 55.6 Å². The van der Waals surface area contributed by atoms with Gasteiger partial charge in [-0.1, -0.05) is 47.5 Å². The molecule has 0 saturated carbocycles. The maximum atomic E-state index is 14.8. The quantitative estimate of drug-likeness (QED) is 0.132. The van der Waals surface area contributed by atoms with Crippen LogP contribution in [-0.4, -0.2) is 73.9 Å². The van der Waals surface area contributed by atoms with Gasteiger partial charge in [0.1, 0.15) is 0 Å². The average Bonchev–Trinajstić information content (AvgIpc) is 3.76. The monoisotopic (exact) mass is 709 g/mol. The highest BCUT2D eigenvalue weighted by atomic mass is 35.5. The highest BCUT2D eigenvalue weighted by molar-refractivity contribution is 6.40. The predicted molar refractivity (Wildman–Crippen MR) is 182 cm³/mol. The summed E-state index contributed by atoms with van der Waals surface area (Å²) < 4.78 is 16.6. The van der Waals surface area contributed by atoms with Crippen LogP contribution >= 0.6 is 23.2 Å². The second-order valence-corrected chi connectivity index (χ2v) is 12.7. The van der Waals surface area contributed by atoms with E-state index in [1.54, 1.807) is 42.5 Å². The fourth-order valence-electron chi connectivity index (χ4n) is 6.31. The Labute approximate surface area is 291 Å². The summed E-state index contributed by atoms with van der Waals surface area (Å²) in [6.07, 6.45) is 3.69. The van der Waals surface area contributed by atoms with Gasteiger partial charge in [0.15, 0.2) is 17.2 Å². The van der Waals surface area contributed by atoms with E-state index < -0.39 is 35.2 Å². The first-order chi connectivity index (χ1) is 23.6. The minimum atomic E-state index is -0.809. The van der Waals surface area contributed by atoms with Gasteiger partial charge in [-0.3, -0.25) is 24.0 Å². The molecule has 1 unspecified atom stereocenters. The van der Waals surface area contributed by atoms with Crippen molar-refractivity contribution in [2.75, 3.05) is 36.9 Å². The predicted octanol–water partition coefficient (Wildman–Crippen LogP) is 5.22. The largest absolute Gasteiger partial charge is 0.481 e. The van der Waals surface area contributed by atoms with Crippen LogP contribution < -0.4 is 16.0 Å². The number of aromatic nitrogens is 3. The number of rotatable bonds is 11. The molecule has 5 N–H and O–H groups in total. The van der Waals surface area contributed by atoms with E-state index in [2.05, 4.69) is 30.9 Å². The van der Waals surface area contributed by atoms with E-state index in [4.69, 9.17) is 28.3 Å². The van der Waals surface area contributed by atoms with Crippen molar-refractivity contribution in [1.82, 2.24) is 25.0 Å². The Kier molecular flexibility index (Phi) is 10.6. The Hall–Kier alpha value is -4.40. The molecule has 49 heavy (non-hydrogen) atoms. The van der Waals surface area contributed by atoms with Gasteiger partial charge in [0.05, 0.1) is 45.7 Å². The van der Waals surface area contributed by atoms with Gasteiger partial charge in [0.2, 0.25) is 0 Å². The Bertz CT molecular complexity index is 1900. The van der Waals surface area contributed by atoms with Gasteiger partial charge in [0.25, 0.3) is 11.8 Å². The van der Waals surface area contributed by atoms with E-state index >= 15 is 0 Å². The number of aliphatic carboxylic acids is 1. The molecule has 2 aliphatic rings. The number of carboxylic acids is 1. The number of anilines is 2. The van der Waals surface area contributed by atoms with E-state index in [0.29, 0.717) is 55.0 Å². The second-order valence-electron chi connectivity index (χ2n) is 12.0. The number of fused-ring (bicyclic) bond motifs is 1. The summed E-state index contributed by atoms with van der Waals surface area (Å²) in [5.41, 5.74) is 2.67. The maximum absolute atomic E-state index is 14.8. The number of hydrogen-bond donors (Lipinski definition) is 5. The molecule has 4 heterocycles. The smallest absolute Gasteiger partial charge is 0.307 e. The Balaban J connectivity index is 1.17. The second kappa shape index (κ2) is 15.0. The summed E-state index contributed by atoms with van der Waals surface area (Å²) in [5.74, 6) is -3.25. The first-order valence-electron chi connectivity index (χ1n) is 15.8. The SMILES string of the molecule is O=C(Nc1cccc(-c2cccc(NC(=O)c3ncc(CNCCO)cc3F)c2Cl)c1Cl)c1cc2n(n1)CCCC2N1CC[C@@H](C(=O)O)C1. The number of aliphatic hydroxyl groups excluding tert-OH is 1. The number of likely N-dealkylation sites (tertiary alicyclic amines) is 1. The van der Waals surface area contributed by atoms with Crippen molar-refractivity contribution in [2.45, 2.75) is 38.4 Å². The molecule has 15 heteroatoms. The third-order valence-corrected chi connectivity index (χ3v) is 9.57. The molecule has 0 bridgehead atoms. The van der Waals surface area contributed by atoms with Crippen molar-refractivity contribution < 1.29 is 29.0 Å². The Morgan fingerprint density at radius 2 is 1.65 bits per heavy atom. The number of carbonyl (C=O) groups excluding carboxylic acids is 2. The Morgan fingerprint density at radius 1 is 0.959 bits per heavy atom. The highest BCUT2D eigenvalue weighted by Crippen LogP contribution is 2.41. The summed E-state index contributed by atoms with van der Waals surface area (Å²) >= 11 is 13.5. The molecule has 4 aromatic rings. The first-order valence-corrected chi connectivity index (χ1v) is 16.6. The lowest BCUT2D eigenvalue weighted by Crippen LogP contribution is -2.32. The number of carboxylic acid groups (broad SMARTS) is 1. The molecule has 256 valence electrons. The lowest BCUT2D eigenvalue weighted by molar-refractivity contribution is -0.141. The number of nitrogens with one attached hydrogen (secondary N) is 3.